The number of hydrogen-bond acceptors (Lipinski definition) is 4. The monoisotopic (exact) mass is 395 g/mol. The summed E-state index contributed by atoms with van der Waals surface area (Å²) in [7, 11) is 1.79. The van der Waals surface area contributed by atoms with Gasteiger partial charge in [0.15, 0.2) is 0 Å². The summed E-state index contributed by atoms with van der Waals surface area (Å²) >= 11 is 0. The van der Waals surface area contributed by atoms with E-state index in [9.17, 15) is 14.4 Å². The first kappa shape index (κ1) is 20.3. The average Bonchev–Trinajstić information content (AvgIpc) is 2.95. The van der Waals surface area contributed by atoms with Gasteiger partial charge in [-0.25, -0.2) is 0 Å². The highest BCUT2D eigenvalue weighted by Crippen LogP contribution is 2.21. The van der Waals surface area contributed by atoms with E-state index in [1.165, 1.54) is 0 Å². The molecule has 0 radical (unpaired) electrons. The van der Waals surface area contributed by atoms with Crippen LogP contribution in [0.3, 0.4) is 0 Å². The van der Waals surface area contributed by atoms with Gasteiger partial charge in [0, 0.05) is 36.5 Å². The maximum absolute atomic E-state index is 12.4. The third-order valence-corrected chi connectivity index (χ3v) is 5.11. The van der Waals surface area contributed by atoms with Crippen molar-refractivity contribution in [3.8, 4) is 0 Å². The SMILES string of the molecule is Cc1nn(C)c2[nH]c(=O)c(CCC(=O)NCCc3cccc(C(N)=O)c3)c(C)c12. The Morgan fingerprint density at radius 3 is 2.72 bits per heavy atom. The number of nitrogens with two attached hydrogens (primary N) is 1. The molecule has 0 saturated carbocycles. The molecule has 1 aromatic carbocycles. The summed E-state index contributed by atoms with van der Waals surface area (Å²) in [4.78, 5) is 38.8. The summed E-state index contributed by atoms with van der Waals surface area (Å²) < 4.78 is 1.66. The zero-order valence-corrected chi connectivity index (χ0v) is 16.8. The Labute approximate surface area is 168 Å². The molecule has 2 aromatic heterocycles. The number of hydrogen-bond donors (Lipinski definition) is 3. The molecular weight excluding hydrogens is 370 g/mol. The molecular formula is C21H25N5O3. The predicted molar refractivity (Wildman–Crippen MR) is 111 cm³/mol. The lowest BCUT2D eigenvalue weighted by atomic mass is 10.0. The van der Waals surface area contributed by atoms with Gasteiger partial charge in [-0.05, 0) is 49.9 Å². The van der Waals surface area contributed by atoms with Crippen molar-refractivity contribution in [3.05, 3.63) is 62.6 Å². The fourth-order valence-corrected chi connectivity index (χ4v) is 3.61. The molecule has 8 nitrogen and oxygen atoms in total. The van der Waals surface area contributed by atoms with Crippen molar-refractivity contribution in [1.82, 2.24) is 20.1 Å². The summed E-state index contributed by atoms with van der Waals surface area (Å²) in [6.45, 7) is 4.24. The predicted octanol–water partition coefficient (Wildman–Crippen LogP) is 1.27. The van der Waals surface area contributed by atoms with E-state index in [1.54, 1.807) is 29.9 Å². The number of carbonyl (C=O) groups is 2. The zero-order chi connectivity index (χ0) is 21.1. The second-order valence-electron chi connectivity index (χ2n) is 7.15. The second-order valence-corrected chi connectivity index (χ2v) is 7.15. The molecule has 0 saturated heterocycles. The summed E-state index contributed by atoms with van der Waals surface area (Å²) in [5.74, 6) is -0.602. The number of primary amides is 1. The molecule has 0 aliphatic heterocycles. The minimum atomic E-state index is -0.475. The van der Waals surface area contributed by atoms with E-state index in [0.29, 0.717) is 36.2 Å². The van der Waals surface area contributed by atoms with Crippen LogP contribution in [0.4, 0.5) is 0 Å². The van der Waals surface area contributed by atoms with Crippen LogP contribution in [0.15, 0.2) is 29.1 Å². The maximum atomic E-state index is 12.4. The van der Waals surface area contributed by atoms with Crippen LogP contribution in [-0.4, -0.2) is 33.1 Å². The summed E-state index contributed by atoms with van der Waals surface area (Å²) in [6.07, 6.45) is 1.16. The zero-order valence-electron chi connectivity index (χ0n) is 16.8. The fourth-order valence-electron chi connectivity index (χ4n) is 3.61. The number of pyridine rings is 1. The summed E-state index contributed by atoms with van der Waals surface area (Å²) in [5.41, 5.74) is 9.48. The molecule has 0 spiro atoms. The van der Waals surface area contributed by atoms with Crippen LogP contribution in [0.2, 0.25) is 0 Å². The smallest absolute Gasteiger partial charge is 0.253 e. The highest BCUT2D eigenvalue weighted by atomic mass is 16.2. The highest BCUT2D eigenvalue weighted by molar-refractivity contribution is 5.92. The fraction of sp³-hybridized carbons (Fsp3) is 0.333. The molecule has 0 aliphatic carbocycles. The number of H-pyrrole nitrogens is 1. The molecule has 0 atom stereocenters. The molecule has 0 unspecified atom stereocenters. The van der Waals surface area contributed by atoms with Crippen LogP contribution in [0, 0.1) is 13.8 Å². The highest BCUT2D eigenvalue weighted by Gasteiger charge is 2.15. The Morgan fingerprint density at radius 1 is 1.24 bits per heavy atom. The first-order valence-electron chi connectivity index (χ1n) is 9.48. The van der Waals surface area contributed by atoms with Crippen molar-refractivity contribution >= 4 is 22.8 Å². The van der Waals surface area contributed by atoms with Gasteiger partial charge in [-0.3, -0.25) is 19.1 Å². The lowest BCUT2D eigenvalue weighted by molar-refractivity contribution is -0.121. The molecule has 2 heterocycles. The van der Waals surface area contributed by atoms with E-state index in [4.69, 9.17) is 5.73 Å². The molecule has 8 heteroatoms. The molecule has 4 N–H and O–H groups in total. The number of aromatic nitrogens is 3. The molecule has 0 aliphatic rings. The first-order valence-corrected chi connectivity index (χ1v) is 9.48. The Hall–Kier alpha value is -3.42. The lowest BCUT2D eigenvalue weighted by Crippen LogP contribution is -2.27. The van der Waals surface area contributed by atoms with Gasteiger partial charge in [-0.15, -0.1) is 0 Å². The van der Waals surface area contributed by atoms with Crippen LogP contribution in [0.5, 0.6) is 0 Å². The third kappa shape index (κ3) is 4.37. The van der Waals surface area contributed by atoms with Crippen LogP contribution < -0.4 is 16.6 Å². The number of aromatic amines is 1. The van der Waals surface area contributed by atoms with Gasteiger partial charge in [0.1, 0.15) is 5.65 Å². The van der Waals surface area contributed by atoms with Crippen LogP contribution in [0.1, 0.15) is 39.2 Å². The van der Waals surface area contributed by atoms with Gasteiger partial charge >= 0.3 is 0 Å². The number of carbonyl (C=O) groups excluding carboxylic acids is 2. The van der Waals surface area contributed by atoms with Crippen molar-refractivity contribution in [2.45, 2.75) is 33.1 Å². The van der Waals surface area contributed by atoms with E-state index in [0.717, 1.165) is 22.2 Å². The van der Waals surface area contributed by atoms with E-state index in [-0.39, 0.29) is 17.9 Å². The van der Waals surface area contributed by atoms with Gasteiger partial charge in [-0.2, -0.15) is 5.10 Å². The van der Waals surface area contributed by atoms with Crippen LogP contribution in [0.25, 0.3) is 11.0 Å². The van der Waals surface area contributed by atoms with Crippen LogP contribution >= 0.6 is 0 Å². The Kier molecular flexibility index (Phi) is 5.81. The van der Waals surface area contributed by atoms with E-state index in [2.05, 4.69) is 15.4 Å². The van der Waals surface area contributed by atoms with Gasteiger partial charge in [0.05, 0.1) is 5.69 Å². The lowest BCUT2D eigenvalue weighted by Gasteiger charge is -2.08. The quantitative estimate of drug-likeness (QED) is 0.557. The number of benzene rings is 1. The maximum Gasteiger partial charge on any atom is 0.253 e. The first-order chi connectivity index (χ1) is 13.8. The number of amides is 2. The molecule has 3 aromatic rings. The van der Waals surface area contributed by atoms with Gasteiger partial charge in [-0.1, -0.05) is 12.1 Å². The van der Waals surface area contributed by atoms with Gasteiger partial charge in [0.25, 0.3) is 5.56 Å². The van der Waals surface area contributed by atoms with E-state index < -0.39 is 5.91 Å². The average molecular weight is 395 g/mol. The summed E-state index contributed by atoms with van der Waals surface area (Å²) in [5, 5.41) is 8.14. The van der Waals surface area contributed by atoms with Gasteiger partial charge < -0.3 is 16.0 Å². The minimum absolute atomic E-state index is 0.127. The number of aryl methyl sites for hydroxylation is 3. The normalized spacial score (nSPS) is 11.0. The molecule has 2 amide bonds. The number of rotatable bonds is 7. The van der Waals surface area contributed by atoms with Crippen molar-refractivity contribution in [2.24, 2.45) is 12.8 Å². The van der Waals surface area contributed by atoms with Crippen LogP contribution in [-0.2, 0) is 24.7 Å². The number of nitrogens with one attached hydrogen (secondary N) is 2. The molecule has 3 rings (SSSR count). The van der Waals surface area contributed by atoms with Gasteiger partial charge in [0.2, 0.25) is 11.8 Å². The van der Waals surface area contributed by atoms with Crippen molar-refractivity contribution < 1.29 is 9.59 Å². The van der Waals surface area contributed by atoms with Crippen molar-refractivity contribution in [2.75, 3.05) is 6.54 Å². The standard InChI is InChI=1S/C21H25N5O3/c1-12-16(21(29)24-20-18(12)13(2)25-26(20)3)7-8-17(27)23-10-9-14-5-4-6-15(11-14)19(22)28/h4-6,11H,7-10H2,1-3H3,(H2,22,28)(H,23,27)(H,24,29). The van der Waals surface area contributed by atoms with Crippen molar-refractivity contribution in [1.29, 1.82) is 0 Å². The molecule has 29 heavy (non-hydrogen) atoms. The van der Waals surface area contributed by atoms with Crippen molar-refractivity contribution in [3.63, 3.8) is 0 Å². The Bertz CT molecular complexity index is 1140. The number of nitrogens with zero attached hydrogens (tertiary/aromatic N) is 2. The van der Waals surface area contributed by atoms with E-state index >= 15 is 0 Å². The molecule has 152 valence electrons. The second kappa shape index (κ2) is 8.30. The summed E-state index contributed by atoms with van der Waals surface area (Å²) in [6, 6.07) is 7.03. The van der Waals surface area contributed by atoms with E-state index in [1.807, 2.05) is 19.9 Å². The Balaban J connectivity index is 1.60. The minimum Gasteiger partial charge on any atom is -0.366 e. The topological polar surface area (TPSA) is 123 Å². The third-order valence-electron chi connectivity index (χ3n) is 5.11. The number of fused-ring (bicyclic) bond motifs is 1. The Morgan fingerprint density at radius 2 is 2.00 bits per heavy atom. The molecule has 0 fully saturated rings. The largest absolute Gasteiger partial charge is 0.366 e. The molecule has 0 bridgehead atoms.